The van der Waals surface area contributed by atoms with Crippen LogP contribution in [-0.4, -0.2) is 73.0 Å². The predicted molar refractivity (Wildman–Crippen MR) is 93.4 cm³/mol. The van der Waals surface area contributed by atoms with Crippen molar-refractivity contribution >= 4 is 5.91 Å². The number of fused-ring (bicyclic) bond motifs is 1. The Bertz CT molecular complexity index is 517. The molecular formula is C19H29N3O. The van der Waals surface area contributed by atoms with Crippen molar-refractivity contribution in [1.82, 2.24) is 14.7 Å². The third-order valence-corrected chi connectivity index (χ3v) is 5.30. The zero-order valence-electron chi connectivity index (χ0n) is 14.4. The first-order chi connectivity index (χ1) is 11.1. The molecule has 2 aliphatic rings. The van der Waals surface area contributed by atoms with Gasteiger partial charge in [0.25, 0.3) is 0 Å². The SMILES string of the molecule is CN(C)[C@H](Cc1ccccc1)C(=O)N1CCCN2CCC[C@@H]2C1. The molecule has 0 aliphatic carbocycles. The lowest BCUT2D eigenvalue weighted by atomic mass is 10.0. The van der Waals surface area contributed by atoms with E-state index < -0.39 is 0 Å². The molecule has 1 aromatic carbocycles. The molecule has 3 rings (SSSR count). The summed E-state index contributed by atoms with van der Waals surface area (Å²) in [5.41, 5.74) is 1.23. The second-order valence-corrected chi connectivity index (χ2v) is 7.14. The van der Waals surface area contributed by atoms with Gasteiger partial charge in [0.05, 0.1) is 6.04 Å². The van der Waals surface area contributed by atoms with Crippen molar-refractivity contribution in [2.75, 3.05) is 40.3 Å². The quantitative estimate of drug-likeness (QED) is 0.848. The van der Waals surface area contributed by atoms with Crippen molar-refractivity contribution < 1.29 is 4.79 Å². The Morgan fingerprint density at radius 2 is 1.91 bits per heavy atom. The molecule has 2 saturated heterocycles. The van der Waals surface area contributed by atoms with Crippen molar-refractivity contribution in [3.8, 4) is 0 Å². The maximum atomic E-state index is 13.2. The minimum Gasteiger partial charge on any atom is -0.340 e. The third kappa shape index (κ3) is 3.93. The highest BCUT2D eigenvalue weighted by Crippen LogP contribution is 2.22. The highest BCUT2D eigenvalue weighted by molar-refractivity contribution is 5.82. The lowest BCUT2D eigenvalue weighted by molar-refractivity contribution is -0.136. The Morgan fingerprint density at radius 3 is 2.65 bits per heavy atom. The smallest absolute Gasteiger partial charge is 0.240 e. The topological polar surface area (TPSA) is 26.8 Å². The van der Waals surface area contributed by atoms with Crippen LogP contribution in [0.1, 0.15) is 24.8 Å². The average Bonchev–Trinajstić information content (AvgIpc) is 2.89. The van der Waals surface area contributed by atoms with Crippen LogP contribution in [0.4, 0.5) is 0 Å². The number of benzene rings is 1. The summed E-state index contributed by atoms with van der Waals surface area (Å²) in [6, 6.07) is 10.9. The van der Waals surface area contributed by atoms with E-state index in [-0.39, 0.29) is 6.04 Å². The minimum absolute atomic E-state index is 0.0645. The van der Waals surface area contributed by atoms with Gasteiger partial charge < -0.3 is 4.90 Å². The van der Waals surface area contributed by atoms with Gasteiger partial charge in [0.15, 0.2) is 0 Å². The van der Waals surface area contributed by atoms with Gasteiger partial charge in [-0.3, -0.25) is 14.6 Å². The largest absolute Gasteiger partial charge is 0.340 e. The molecular weight excluding hydrogens is 286 g/mol. The molecule has 2 aliphatic heterocycles. The van der Waals surface area contributed by atoms with Gasteiger partial charge in [0.1, 0.15) is 0 Å². The van der Waals surface area contributed by atoms with Crippen LogP contribution < -0.4 is 0 Å². The number of carbonyl (C=O) groups is 1. The van der Waals surface area contributed by atoms with Crippen LogP contribution in [0.5, 0.6) is 0 Å². The first kappa shape index (κ1) is 16.5. The number of nitrogens with zero attached hydrogens (tertiary/aromatic N) is 3. The molecule has 0 bridgehead atoms. The van der Waals surface area contributed by atoms with Gasteiger partial charge in [-0.05, 0) is 51.9 Å². The maximum absolute atomic E-state index is 13.2. The van der Waals surface area contributed by atoms with E-state index in [4.69, 9.17) is 0 Å². The molecule has 4 nitrogen and oxygen atoms in total. The Kier molecular flexibility index (Phi) is 5.34. The van der Waals surface area contributed by atoms with Crippen LogP contribution >= 0.6 is 0 Å². The standard InChI is InChI=1S/C19H29N3O/c1-20(2)18(14-16-8-4-3-5-9-16)19(23)22-13-7-12-21-11-6-10-17(21)15-22/h3-5,8-9,17-18H,6-7,10-15H2,1-2H3/t17-,18-/m1/s1. The molecule has 0 spiro atoms. The summed E-state index contributed by atoms with van der Waals surface area (Å²) >= 11 is 0. The van der Waals surface area contributed by atoms with Crippen LogP contribution in [-0.2, 0) is 11.2 Å². The average molecular weight is 315 g/mol. The first-order valence-corrected chi connectivity index (χ1v) is 8.88. The highest BCUT2D eigenvalue weighted by atomic mass is 16.2. The van der Waals surface area contributed by atoms with Crippen LogP contribution in [0, 0.1) is 0 Å². The fourth-order valence-electron chi connectivity index (χ4n) is 3.95. The molecule has 4 heteroatoms. The van der Waals surface area contributed by atoms with Gasteiger partial charge >= 0.3 is 0 Å². The molecule has 2 fully saturated rings. The molecule has 2 atom stereocenters. The molecule has 0 aromatic heterocycles. The molecule has 0 unspecified atom stereocenters. The van der Waals surface area contributed by atoms with Crippen molar-refractivity contribution in [3.63, 3.8) is 0 Å². The van der Waals surface area contributed by atoms with Gasteiger partial charge in [-0.1, -0.05) is 30.3 Å². The fourth-order valence-corrected chi connectivity index (χ4v) is 3.95. The number of rotatable bonds is 4. The van der Waals surface area contributed by atoms with E-state index in [0.29, 0.717) is 11.9 Å². The summed E-state index contributed by atoms with van der Waals surface area (Å²) in [6.45, 7) is 4.19. The normalized spacial score (nSPS) is 23.6. The summed E-state index contributed by atoms with van der Waals surface area (Å²) < 4.78 is 0. The number of hydrogen-bond acceptors (Lipinski definition) is 3. The number of amides is 1. The Morgan fingerprint density at radius 1 is 1.17 bits per heavy atom. The highest BCUT2D eigenvalue weighted by Gasteiger charge is 2.33. The van der Waals surface area contributed by atoms with E-state index in [1.54, 1.807) is 0 Å². The van der Waals surface area contributed by atoms with E-state index >= 15 is 0 Å². The van der Waals surface area contributed by atoms with Gasteiger partial charge in [0.2, 0.25) is 5.91 Å². The Balaban J connectivity index is 1.70. The lowest BCUT2D eigenvalue weighted by Crippen LogP contribution is -2.49. The molecule has 0 saturated carbocycles. The minimum atomic E-state index is -0.0645. The van der Waals surface area contributed by atoms with Crippen LogP contribution in [0.2, 0.25) is 0 Å². The third-order valence-electron chi connectivity index (χ3n) is 5.30. The maximum Gasteiger partial charge on any atom is 0.240 e. The predicted octanol–water partition coefficient (Wildman–Crippen LogP) is 1.86. The Hall–Kier alpha value is -1.39. The van der Waals surface area contributed by atoms with Crippen LogP contribution in [0.25, 0.3) is 0 Å². The van der Waals surface area contributed by atoms with Gasteiger partial charge in [-0.15, -0.1) is 0 Å². The first-order valence-electron chi connectivity index (χ1n) is 8.88. The second kappa shape index (κ2) is 7.45. The molecule has 1 amide bonds. The van der Waals surface area contributed by atoms with Gasteiger partial charge in [0, 0.05) is 25.7 Å². The Labute approximate surface area is 140 Å². The van der Waals surface area contributed by atoms with Crippen LogP contribution in [0.3, 0.4) is 0 Å². The summed E-state index contributed by atoms with van der Waals surface area (Å²) in [4.78, 5) is 19.9. The molecule has 2 heterocycles. The van der Waals surface area contributed by atoms with E-state index in [1.165, 1.54) is 24.9 Å². The molecule has 23 heavy (non-hydrogen) atoms. The van der Waals surface area contributed by atoms with Crippen molar-refractivity contribution in [2.45, 2.75) is 37.8 Å². The van der Waals surface area contributed by atoms with E-state index in [9.17, 15) is 4.79 Å². The monoisotopic (exact) mass is 315 g/mol. The summed E-state index contributed by atoms with van der Waals surface area (Å²) in [7, 11) is 4.04. The molecule has 0 N–H and O–H groups in total. The number of hydrogen-bond donors (Lipinski definition) is 0. The zero-order chi connectivity index (χ0) is 16.2. The van der Waals surface area contributed by atoms with Crippen molar-refractivity contribution in [1.29, 1.82) is 0 Å². The molecule has 1 aromatic rings. The van der Waals surface area contributed by atoms with E-state index in [1.807, 2.05) is 20.2 Å². The number of carbonyl (C=O) groups excluding carboxylic acids is 1. The van der Waals surface area contributed by atoms with E-state index in [0.717, 1.165) is 32.5 Å². The zero-order valence-corrected chi connectivity index (χ0v) is 14.4. The van der Waals surface area contributed by atoms with Gasteiger partial charge in [-0.2, -0.15) is 0 Å². The van der Waals surface area contributed by atoms with E-state index in [2.05, 4.69) is 39.0 Å². The second-order valence-electron chi connectivity index (χ2n) is 7.14. The van der Waals surface area contributed by atoms with Gasteiger partial charge in [-0.25, -0.2) is 0 Å². The van der Waals surface area contributed by atoms with Crippen molar-refractivity contribution in [2.24, 2.45) is 0 Å². The molecule has 126 valence electrons. The summed E-state index contributed by atoms with van der Waals surface area (Å²) in [6.07, 6.45) is 4.42. The fraction of sp³-hybridized carbons (Fsp3) is 0.632. The number of likely N-dealkylation sites (N-methyl/N-ethyl adjacent to an activating group) is 1. The summed E-state index contributed by atoms with van der Waals surface area (Å²) in [5.74, 6) is 0.299. The lowest BCUT2D eigenvalue weighted by Gasteiger charge is -2.32. The molecule has 0 radical (unpaired) electrons. The van der Waals surface area contributed by atoms with Crippen molar-refractivity contribution in [3.05, 3.63) is 35.9 Å². The van der Waals surface area contributed by atoms with Crippen LogP contribution in [0.15, 0.2) is 30.3 Å². The summed E-state index contributed by atoms with van der Waals surface area (Å²) in [5, 5.41) is 0.